The van der Waals surface area contributed by atoms with Gasteiger partial charge in [-0.2, -0.15) is 0 Å². The van der Waals surface area contributed by atoms with E-state index in [-0.39, 0.29) is 0 Å². The molecule has 0 unspecified atom stereocenters. The van der Waals surface area contributed by atoms with Crippen LogP contribution in [-0.4, -0.2) is 58.7 Å². The quantitative estimate of drug-likeness (QED) is 0.524. The third-order valence-electron chi connectivity index (χ3n) is 4.90. The first-order valence-electron chi connectivity index (χ1n) is 9.34. The fourth-order valence-electron chi connectivity index (χ4n) is 3.35. The third-order valence-corrected chi connectivity index (χ3v) is 5.87. The minimum atomic E-state index is 0.627. The van der Waals surface area contributed by atoms with Crippen molar-refractivity contribution < 1.29 is 9.47 Å². The number of aromatic nitrogens is 3. The molecule has 7 nitrogen and oxygen atoms in total. The highest BCUT2D eigenvalue weighted by atomic mass is 32.1. The van der Waals surface area contributed by atoms with Crippen molar-refractivity contribution in [1.82, 2.24) is 19.3 Å². The lowest BCUT2D eigenvalue weighted by Crippen LogP contribution is -2.38. The Morgan fingerprint density at radius 3 is 2.71 bits per heavy atom. The average Bonchev–Trinajstić information content (AvgIpc) is 3.27. The van der Waals surface area contributed by atoms with Gasteiger partial charge < -0.3 is 15.2 Å². The maximum Gasteiger partial charge on any atom is 0.214 e. The predicted octanol–water partition coefficient (Wildman–Crippen LogP) is 2.90. The number of fused-ring (bicyclic) bond motifs is 3. The zero-order chi connectivity index (χ0) is 18.9. The van der Waals surface area contributed by atoms with Crippen LogP contribution in [0.2, 0.25) is 0 Å². The predicted molar refractivity (Wildman–Crippen MR) is 111 cm³/mol. The van der Waals surface area contributed by atoms with E-state index in [0.717, 1.165) is 65.1 Å². The van der Waals surface area contributed by atoms with Crippen LogP contribution in [0.25, 0.3) is 26.6 Å². The molecule has 0 saturated carbocycles. The van der Waals surface area contributed by atoms with E-state index in [1.807, 2.05) is 42.6 Å². The second-order valence-corrected chi connectivity index (χ2v) is 7.74. The van der Waals surface area contributed by atoms with Gasteiger partial charge in [-0.25, -0.2) is 9.97 Å². The lowest BCUT2D eigenvalue weighted by atomic mass is 10.1. The zero-order valence-electron chi connectivity index (χ0n) is 15.4. The van der Waals surface area contributed by atoms with E-state index in [4.69, 9.17) is 20.2 Å². The molecule has 1 saturated heterocycles. The van der Waals surface area contributed by atoms with E-state index in [9.17, 15) is 0 Å². The Bertz CT molecular complexity index is 1100. The number of ether oxygens (including phenoxy) is 2. The summed E-state index contributed by atoms with van der Waals surface area (Å²) in [5, 5.41) is 0. The Kier molecular flexibility index (Phi) is 4.59. The van der Waals surface area contributed by atoms with Gasteiger partial charge in [0.2, 0.25) is 5.88 Å². The van der Waals surface area contributed by atoms with Crippen molar-refractivity contribution in [2.75, 3.05) is 45.2 Å². The molecule has 28 heavy (non-hydrogen) atoms. The van der Waals surface area contributed by atoms with Crippen LogP contribution in [0, 0.1) is 0 Å². The summed E-state index contributed by atoms with van der Waals surface area (Å²) in [7, 11) is 0. The lowest BCUT2D eigenvalue weighted by Gasteiger charge is -2.26. The number of thiazole rings is 1. The van der Waals surface area contributed by atoms with E-state index in [1.54, 1.807) is 11.3 Å². The number of pyridine rings is 1. The van der Waals surface area contributed by atoms with E-state index in [2.05, 4.69) is 14.3 Å². The zero-order valence-corrected chi connectivity index (χ0v) is 16.2. The minimum Gasteiger partial charge on any atom is -0.476 e. The van der Waals surface area contributed by atoms with Crippen LogP contribution in [0.1, 0.15) is 0 Å². The molecule has 0 radical (unpaired) electrons. The molecule has 3 aromatic heterocycles. The fourth-order valence-corrected chi connectivity index (χ4v) is 4.32. The molecule has 8 heteroatoms. The Balaban J connectivity index is 1.33. The first-order chi connectivity index (χ1) is 13.8. The smallest absolute Gasteiger partial charge is 0.214 e. The monoisotopic (exact) mass is 395 g/mol. The molecule has 0 spiro atoms. The van der Waals surface area contributed by atoms with Gasteiger partial charge in [0.1, 0.15) is 11.4 Å². The summed E-state index contributed by atoms with van der Waals surface area (Å²) in [6.07, 6.45) is 2.04. The van der Waals surface area contributed by atoms with Gasteiger partial charge >= 0.3 is 0 Å². The second kappa shape index (κ2) is 7.38. The average molecular weight is 395 g/mol. The maximum absolute atomic E-state index is 5.87. The molecule has 0 atom stereocenters. The maximum atomic E-state index is 5.87. The molecule has 1 aromatic carbocycles. The van der Waals surface area contributed by atoms with Crippen LogP contribution in [0.15, 0.2) is 42.6 Å². The van der Waals surface area contributed by atoms with Crippen molar-refractivity contribution in [1.29, 1.82) is 0 Å². The lowest BCUT2D eigenvalue weighted by molar-refractivity contribution is 0.0320. The number of imidazole rings is 1. The molecule has 0 amide bonds. The summed E-state index contributed by atoms with van der Waals surface area (Å²) in [6.45, 7) is 5.06. The van der Waals surface area contributed by atoms with Crippen LogP contribution in [0.5, 0.6) is 5.88 Å². The molecular formula is C20H21N5O2S. The van der Waals surface area contributed by atoms with Crippen molar-refractivity contribution in [3.05, 3.63) is 42.6 Å². The largest absolute Gasteiger partial charge is 0.476 e. The Labute approximate surface area is 166 Å². The molecule has 0 aliphatic carbocycles. The van der Waals surface area contributed by atoms with Gasteiger partial charge in [-0.1, -0.05) is 23.5 Å². The number of nitrogen functional groups attached to an aromatic ring is 1. The first kappa shape index (κ1) is 17.4. The standard InChI is InChI=1S/C20H21N5O2S/c21-15-3-1-14(2-4-15)16-13-25-17-5-6-18(23-19(17)28-20(25)22-16)27-12-9-24-7-10-26-11-8-24/h1-6,13H,7-12,21H2. The summed E-state index contributed by atoms with van der Waals surface area (Å²) in [5.74, 6) is 0.657. The molecule has 1 aliphatic rings. The molecular weight excluding hydrogens is 374 g/mol. The number of hydrogen-bond acceptors (Lipinski definition) is 7. The van der Waals surface area contributed by atoms with Crippen LogP contribution < -0.4 is 10.5 Å². The van der Waals surface area contributed by atoms with E-state index in [0.29, 0.717) is 12.5 Å². The number of hydrogen-bond donors (Lipinski definition) is 1. The summed E-state index contributed by atoms with van der Waals surface area (Å²) in [6, 6.07) is 11.7. The number of anilines is 1. The van der Waals surface area contributed by atoms with Crippen LogP contribution in [-0.2, 0) is 4.74 Å². The van der Waals surface area contributed by atoms with Gasteiger partial charge in [0.15, 0.2) is 4.96 Å². The topological polar surface area (TPSA) is 77.9 Å². The van der Waals surface area contributed by atoms with Gasteiger partial charge in [0.05, 0.1) is 24.4 Å². The summed E-state index contributed by atoms with van der Waals surface area (Å²) >= 11 is 1.57. The number of morpholine rings is 1. The Morgan fingerprint density at radius 2 is 1.89 bits per heavy atom. The molecule has 2 N–H and O–H groups in total. The number of rotatable bonds is 5. The number of benzene rings is 1. The van der Waals surface area contributed by atoms with Crippen molar-refractivity contribution in [3.8, 4) is 17.1 Å². The number of nitrogens with two attached hydrogens (primary N) is 1. The Hall–Kier alpha value is -2.68. The molecule has 4 heterocycles. The SMILES string of the molecule is Nc1ccc(-c2cn3c(n2)sc2nc(OCCN4CCOCC4)ccc23)cc1. The van der Waals surface area contributed by atoms with Gasteiger partial charge in [-0.3, -0.25) is 9.30 Å². The minimum absolute atomic E-state index is 0.627. The van der Waals surface area contributed by atoms with Crippen molar-refractivity contribution >= 4 is 32.3 Å². The van der Waals surface area contributed by atoms with Crippen molar-refractivity contribution in [2.24, 2.45) is 0 Å². The van der Waals surface area contributed by atoms with Crippen molar-refractivity contribution in [2.45, 2.75) is 0 Å². The molecule has 1 aliphatic heterocycles. The highest BCUT2D eigenvalue weighted by molar-refractivity contribution is 7.23. The number of nitrogens with zero attached hydrogens (tertiary/aromatic N) is 4. The van der Waals surface area contributed by atoms with Gasteiger partial charge in [-0.05, 0) is 18.2 Å². The second-order valence-electron chi connectivity index (χ2n) is 6.78. The van der Waals surface area contributed by atoms with E-state index >= 15 is 0 Å². The van der Waals surface area contributed by atoms with Gasteiger partial charge in [0, 0.05) is 43.1 Å². The summed E-state index contributed by atoms with van der Waals surface area (Å²) in [5.41, 5.74) is 9.54. The molecule has 0 bridgehead atoms. The molecule has 1 fully saturated rings. The van der Waals surface area contributed by atoms with Crippen LogP contribution >= 0.6 is 11.3 Å². The van der Waals surface area contributed by atoms with Crippen LogP contribution in [0.4, 0.5) is 5.69 Å². The highest BCUT2D eigenvalue weighted by Gasteiger charge is 2.13. The van der Waals surface area contributed by atoms with Crippen molar-refractivity contribution in [3.63, 3.8) is 0 Å². The molecule has 4 aromatic rings. The van der Waals surface area contributed by atoms with E-state index < -0.39 is 0 Å². The molecule has 5 rings (SSSR count). The third kappa shape index (κ3) is 3.42. The summed E-state index contributed by atoms with van der Waals surface area (Å²) < 4.78 is 13.3. The highest BCUT2D eigenvalue weighted by Crippen LogP contribution is 2.29. The fraction of sp³-hybridized carbons (Fsp3) is 0.300. The van der Waals surface area contributed by atoms with Gasteiger partial charge in [0.25, 0.3) is 0 Å². The van der Waals surface area contributed by atoms with Crippen LogP contribution in [0.3, 0.4) is 0 Å². The van der Waals surface area contributed by atoms with Gasteiger partial charge in [-0.15, -0.1) is 0 Å². The molecule has 144 valence electrons. The first-order valence-corrected chi connectivity index (χ1v) is 10.2. The summed E-state index contributed by atoms with van der Waals surface area (Å²) in [4.78, 5) is 13.6. The normalized spacial score (nSPS) is 15.4. The van der Waals surface area contributed by atoms with E-state index in [1.165, 1.54) is 0 Å². The Morgan fingerprint density at radius 1 is 1.07 bits per heavy atom.